The van der Waals surface area contributed by atoms with Crippen LogP contribution in [0.5, 0.6) is 0 Å². The minimum absolute atomic E-state index is 0.500. The van der Waals surface area contributed by atoms with Crippen LogP contribution in [0.25, 0.3) is 0 Å². The number of rotatable bonds is 2. The lowest BCUT2D eigenvalue weighted by Gasteiger charge is -2.04. The quantitative estimate of drug-likeness (QED) is 0.741. The van der Waals surface area contributed by atoms with E-state index in [1.165, 1.54) is 5.56 Å². The fourth-order valence-corrected chi connectivity index (χ4v) is 1.37. The lowest BCUT2D eigenvalue weighted by atomic mass is 10.1. The Kier molecular flexibility index (Phi) is 3.06. The van der Waals surface area contributed by atoms with Crippen LogP contribution in [0.15, 0.2) is 18.2 Å². The van der Waals surface area contributed by atoms with E-state index in [9.17, 15) is 0 Å². The Labute approximate surface area is 82.5 Å². The highest BCUT2D eigenvalue weighted by Gasteiger charge is 2.00. The Morgan fingerprint density at radius 1 is 1.58 bits per heavy atom. The summed E-state index contributed by atoms with van der Waals surface area (Å²) in [5.41, 5.74) is 7.71. The molecule has 1 aromatic rings. The molecule has 3 heteroatoms. The molecule has 0 bridgehead atoms. The molecule has 0 aliphatic rings. The van der Waals surface area contributed by atoms with Gasteiger partial charge in [0.2, 0.25) is 0 Å². The van der Waals surface area contributed by atoms with Crippen molar-refractivity contribution in [1.29, 1.82) is 0 Å². The fraction of sp³-hybridized carbons (Fsp3) is 0.222. The molecule has 0 aliphatic heterocycles. The number of hydrogen-bond donors (Lipinski definition) is 1. The van der Waals surface area contributed by atoms with Gasteiger partial charge in [0.1, 0.15) is 0 Å². The maximum Gasteiger partial charge on any atom is 0.0771 e. The molecule has 1 nitrogen and oxygen atoms in total. The SMILES string of the molecule is Cc1ccc(Cl)cc1CC(N)=S. The average Bonchev–Trinajstić information content (AvgIpc) is 1.96. The van der Waals surface area contributed by atoms with Gasteiger partial charge in [0.05, 0.1) is 4.99 Å². The van der Waals surface area contributed by atoms with Crippen LogP contribution in [-0.4, -0.2) is 4.99 Å². The third-order valence-corrected chi connectivity index (χ3v) is 2.06. The van der Waals surface area contributed by atoms with Crippen LogP contribution in [0.3, 0.4) is 0 Å². The van der Waals surface area contributed by atoms with Crippen LogP contribution in [0.1, 0.15) is 11.1 Å². The summed E-state index contributed by atoms with van der Waals surface area (Å²) in [6.07, 6.45) is 0.627. The zero-order valence-electron chi connectivity index (χ0n) is 6.80. The van der Waals surface area contributed by atoms with Gasteiger partial charge in [0.15, 0.2) is 0 Å². The van der Waals surface area contributed by atoms with Crippen LogP contribution < -0.4 is 5.73 Å². The van der Waals surface area contributed by atoms with Crippen LogP contribution in [0.4, 0.5) is 0 Å². The van der Waals surface area contributed by atoms with Gasteiger partial charge in [0, 0.05) is 11.4 Å². The van der Waals surface area contributed by atoms with E-state index in [2.05, 4.69) is 0 Å². The number of thiocarbonyl (C=S) groups is 1. The second-order valence-electron chi connectivity index (χ2n) is 2.71. The van der Waals surface area contributed by atoms with E-state index >= 15 is 0 Å². The summed E-state index contributed by atoms with van der Waals surface area (Å²) in [5, 5.41) is 0.729. The second kappa shape index (κ2) is 3.87. The monoisotopic (exact) mass is 199 g/mol. The molecule has 12 heavy (non-hydrogen) atoms. The molecule has 1 aromatic carbocycles. The number of halogens is 1. The number of nitrogens with two attached hydrogens (primary N) is 1. The largest absolute Gasteiger partial charge is 0.393 e. The first-order valence-corrected chi connectivity index (χ1v) is 4.41. The highest BCUT2D eigenvalue weighted by atomic mass is 35.5. The van der Waals surface area contributed by atoms with Gasteiger partial charge < -0.3 is 5.73 Å². The van der Waals surface area contributed by atoms with Gasteiger partial charge in [-0.2, -0.15) is 0 Å². The average molecular weight is 200 g/mol. The van der Waals surface area contributed by atoms with Crippen LogP contribution >= 0.6 is 23.8 Å². The summed E-state index contributed by atoms with van der Waals surface area (Å²) in [5.74, 6) is 0. The van der Waals surface area contributed by atoms with Crippen molar-refractivity contribution in [3.05, 3.63) is 34.3 Å². The van der Waals surface area contributed by atoms with Crippen LogP contribution in [0, 0.1) is 6.92 Å². The molecule has 0 atom stereocenters. The van der Waals surface area contributed by atoms with Crippen molar-refractivity contribution in [1.82, 2.24) is 0 Å². The van der Waals surface area contributed by atoms with Crippen LogP contribution in [-0.2, 0) is 6.42 Å². The topological polar surface area (TPSA) is 26.0 Å². The molecule has 0 radical (unpaired) electrons. The first-order chi connectivity index (χ1) is 5.59. The lowest BCUT2D eigenvalue weighted by molar-refractivity contribution is 1.26. The second-order valence-corrected chi connectivity index (χ2v) is 3.67. The Morgan fingerprint density at radius 3 is 2.83 bits per heavy atom. The zero-order chi connectivity index (χ0) is 9.14. The molecule has 0 fully saturated rings. The third-order valence-electron chi connectivity index (χ3n) is 1.68. The summed E-state index contributed by atoms with van der Waals surface area (Å²) < 4.78 is 0. The van der Waals surface area contributed by atoms with E-state index < -0.39 is 0 Å². The first kappa shape index (κ1) is 9.49. The molecule has 64 valence electrons. The molecule has 0 spiro atoms. The minimum atomic E-state index is 0.500. The molecule has 0 unspecified atom stereocenters. The molecule has 0 heterocycles. The zero-order valence-corrected chi connectivity index (χ0v) is 8.38. The molecule has 0 aliphatic carbocycles. The van der Waals surface area contributed by atoms with Crippen molar-refractivity contribution in [3.8, 4) is 0 Å². The van der Waals surface area contributed by atoms with E-state index in [1.54, 1.807) is 0 Å². The Balaban J connectivity index is 2.97. The third kappa shape index (κ3) is 2.47. The smallest absolute Gasteiger partial charge is 0.0771 e. The maximum absolute atomic E-state index is 5.82. The Bertz CT molecular complexity index is 309. The minimum Gasteiger partial charge on any atom is -0.393 e. The van der Waals surface area contributed by atoms with Gasteiger partial charge in [-0.1, -0.05) is 29.9 Å². The van der Waals surface area contributed by atoms with E-state index in [4.69, 9.17) is 29.6 Å². The summed E-state index contributed by atoms with van der Waals surface area (Å²) in [6.45, 7) is 2.02. The van der Waals surface area contributed by atoms with Crippen molar-refractivity contribution in [2.75, 3.05) is 0 Å². The lowest BCUT2D eigenvalue weighted by Crippen LogP contribution is -2.11. The van der Waals surface area contributed by atoms with Crippen molar-refractivity contribution in [2.24, 2.45) is 5.73 Å². The summed E-state index contributed by atoms with van der Waals surface area (Å²) >= 11 is 10.6. The predicted octanol–water partition coefficient (Wildman–Crippen LogP) is 2.48. The van der Waals surface area contributed by atoms with Crippen molar-refractivity contribution in [2.45, 2.75) is 13.3 Å². The molecule has 0 aromatic heterocycles. The van der Waals surface area contributed by atoms with Gasteiger partial charge in [-0.15, -0.1) is 0 Å². The summed E-state index contributed by atoms with van der Waals surface area (Å²) in [7, 11) is 0. The molecule has 2 N–H and O–H groups in total. The van der Waals surface area contributed by atoms with E-state index in [-0.39, 0.29) is 0 Å². The molecule has 0 saturated heterocycles. The van der Waals surface area contributed by atoms with E-state index in [0.717, 1.165) is 10.6 Å². The maximum atomic E-state index is 5.82. The Morgan fingerprint density at radius 2 is 2.25 bits per heavy atom. The van der Waals surface area contributed by atoms with E-state index in [1.807, 2.05) is 25.1 Å². The number of hydrogen-bond acceptors (Lipinski definition) is 1. The fourth-order valence-electron chi connectivity index (χ4n) is 1.02. The van der Waals surface area contributed by atoms with Crippen molar-refractivity contribution in [3.63, 3.8) is 0 Å². The standard InChI is InChI=1S/C9H10ClNS/c1-6-2-3-8(10)4-7(6)5-9(11)12/h2-4H,5H2,1H3,(H2,11,12). The highest BCUT2D eigenvalue weighted by molar-refractivity contribution is 7.80. The molecular formula is C9H10ClNS. The summed E-state index contributed by atoms with van der Waals surface area (Å²) in [6, 6.07) is 5.73. The predicted molar refractivity (Wildman–Crippen MR) is 56.7 cm³/mol. The molecule has 0 saturated carbocycles. The molecule has 1 rings (SSSR count). The van der Waals surface area contributed by atoms with Gasteiger partial charge in [-0.3, -0.25) is 0 Å². The van der Waals surface area contributed by atoms with Crippen molar-refractivity contribution >= 4 is 28.8 Å². The van der Waals surface area contributed by atoms with Gasteiger partial charge in [-0.25, -0.2) is 0 Å². The molecule has 0 amide bonds. The van der Waals surface area contributed by atoms with Gasteiger partial charge in [0.25, 0.3) is 0 Å². The van der Waals surface area contributed by atoms with E-state index in [0.29, 0.717) is 11.4 Å². The van der Waals surface area contributed by atoms with Crippen LogP contribution in [0.2, 0.25) is 5.02 Å². The highest BCUT2D eigenvalue weighted by Crippen LogP contribution is 2.15. The first-order valence-electron chi connectivity index (χ1n) is 3.63. The normalized spacial score (nSPS) is 9.83. The number of benzene rings is 1. The number of aryl methyl sites for hydroxylation is 1. The van der Waals surface area contributed by atoms with Gasteiger partial charge in [-0.05, 0) is 30.2 Å². The van der Waals surface area contributed by atoms with Crippen molar-refractivity contribution < 1.29 is 0 Å². The summed E-state index contributed by atoms with van der Waals surface area (Å²) in [4.78, 5) is 0.500. The van der Waals surface area contributed by atoms with Gasteiger partial charge >= 0.3 is 0 Å². The Hall–Kier alpha value is -0.600. The molecular weight excluding hydrogens is 190 g/mol.